The average molecular weight is 325 g/mol. The summed E-state index contributed by atoms with van der Waals surface area (Å²) in [6, 6.07) is 8.67. The standard InChI is InChI=1S/C13H13BrN2O3/c1-16(7-3-6-15)12(17)9-19-13(18)10-4-2-5-11(14)8-10/h2,4-5,8H,3,7,9H2,1H3. The molecule has 0 aliphatic rings. The van der Waals surface area contributed by atoms with Gasteiger partial charge in [0.05, 0.1) is 18.1 Å². The Morgan fingerprint density at radius 2 is 2.21 bits per heavy atom. The van der Waals surface area contributed by atoms with Gasteiger partial charge in [-0.25, -0.2) is 4.79 Å². The van der Waals surface area contributed by atoms with Crippen LogP contribution in [0, 0.1) is 11.3 Å². The summed E-state index contributed by atoms with van der Waals surface area (Å²) in [5.74, 6) is -0.887. The van der Waals surface area contributed by atoms with Crippen LogP contribution in [0.5, 0.6) is 0 Å². The second-order valence-corrected chi connectivity index (χ2v) is 4.73. The fourth-order valence-corrected chi connectivity index (χ4v) is 1.68. The number of hydrogen-bond acceptors (Lipinski definition) is 4. The van der Waals surface area contributed by atoms with Crippen LogP contribution < -0.4 is 0 Å². The third kappa shape index (κ3) is 5.10. The summed E-state index contributed by atoms with van der Waals surface area (Å²) in [5.41, 5.74) is 0.377. The lowest BCUT2D eigenvalue weighted by molar-refractivity contribution is -0.133. The van der Waals surface area contributed by atoms with E-state index in [2.05, 4.69) is 15.9 Å². The molecule has 1 aromatic carbocycles. The Balaban J connectivity index is 2.46. The van der Waals surface area contributed by atoms with Crippen LogP contribution in [0.25, 0.3) is 0 Å². The van der Waals surface area contributed by atoms with Gasteiger partial charge in [0.25, 0.3) is 5.91 Å². The van der Waals surface area contributed by atoms with Gasteiger partial charge in [-0.15, -0.1) is 0 Å². The SMILES string of the molecule is CN(CCC#N)C(=O)COC(=O)c1cccc(Br)c1. The van der Waals surface area contributed by atoms with E-state index in [4.69, 9.17) is 10.00 Å². The summed E-state index contributed by atoms with van der Waals surface area (Å²) in [6.07, 6.45) is 0.252. The van der Waals surface area contributed by atoms with E-state index < -0.39 is 5.97 Å². The van der Waals surface area contributed by atoms with Gasteiger partial charge >= 0.3 is 5.97 Å². The van der Waals surface area contributed by atoms with Crippen LogP contribution >= 0.6 is 15.9 Å². The molecule has 5 nitrogen and oxygen atoms in total. The van der Waals surface area contributed by atoms with E-state index in [-0.39, 0.29) is 18.9 Å². The van der Waals surface area contributed by atoms with Gasteiger partial charge in [-0.2, -0.15) is 5.26 Å². The molecule has 0 spiro atoms. The molecule has 0 radical (unpaired) electrons. The van der Waals surface area contributed by atoms with Crippen LogP contribution in [0.1, 0.15) is 16.8 Å². The molecule has 0 aromatic heterocycles. The first-order valence-corrected chi connectivity index (χ1v) is 6.37. The number of carbonyl (C=O) groups is 2. The van der Waals surface area contributed by atoms with E-state index in [1.54, 1.807) is 31.3 Å². The van der Waals surface area contributed by atoms with Gasteiger partial charge in [0.1, 0.15) is 0 Å². The monoisotopic (exact) mass is 324 g/mol. The van der Waals surface area contributed by atoms with Gasteiger partial charge < -0.3 is 9.64 Å². The molecule has 0 saturated carbocycles. The maximum Gasteiger partial charge on any atom is 0.338 e. The number of halogens is 1. The van der Waals surface area contributed by atoms with Gasteiger partial charge in [0.15, 0.2) is 6.61 Å². The zero-order valence-electron chi connectivity index (χ0n) is 10.4. The highest BCUT2D eigenvalue weighted by molar-refractivity contribution is 9.10. The minimum atomic E-state index is -0.552. The summed E-state index contributed by atoms with van der Waals surface area (Å²) < 4.78 is 5.68. The molecule has 6 heteroatoms. The van der Waals surface area contributed by atoms with Crippen LogP contribution in [-0.2, 0) is 9.53 Å². The van der Waals surface area contributed by atoms with Crippen molar-refractivity contribution < 1.29 is 14.3 Å². The van der Waals surface area contributed by atoms with Gasteiger partial charge in [0, 0.05) is 18.1 Å². The van der Waals surface area contributed by atoms with Gasteiger partial charge in [-0.1, -0.05) is 22.0 Å². The Bertz CT molecular complexity index is 511. The van der Waals surface area contributed by atoms with Gasteiger partial charge in [0.2, 0.25) is 0 Å². The first kappa shape index (κ1) is 15.2. The highest BCUT2D eigenvalue weighted by atomic mass is 79.9. The van der Waals surface area contributed by atoms with Crippen molar-refractivity contribution in [1.29, 1.82) is 5.26 Å². The molecule has 0 atom stereocenters. The van der Waals surface area contributed by atoms with Crippen molar-refractivity contribution in [3.63, 3.8) is 0 Å². The van der Waals surface area contributed by atoms with Gasteiger partial charge in [-0.3, -0.25) is 4.79 Å². The Morgan fingerprint density at radius 1 is 1.47 bits per heavy atom. The van der Waals surface area contributed by atoms with Crippen molar-refractivity contribution in [2.75, 3.05) is 20.2 Å². The number of likely N-dealkylation sites (N-methyl/N-ethyl adjacent to an activating group) is 1. The molecule has 0 aliphatic heterocycles. The summed E-state index contributed by atoms with van der Waals surface area (Å²) in [6.45, 7) is -0.00293. The zero-order valence-corrected chi connectivity index (χ0v) is 12.0. The van der Waals surface area contributed by atoms with Crippen molar-refractivity contribution in [2.24, 2.45) is 0 Å². The fourth-order valence-electron chi connectivity index (χ4n) is 1.28. The Labute approximate surface area is 119 Å². The number of nitriles is 1. The maximum atomic E-state index is 11.7. The molecule has 0 saturated heterocycles. The Hall–Kier alpha value is -1.87. The molecule has 0 unspecified atom stereocenters. The van der Waals surface area contributed by atoms with Crippen LogP contribution in [0.3, 0.4) is 0 Å². The van der Waals surface area contributed by atoms with Crippen LogP contribution in [0.4, 0.5) is 0 Å². The number of esters is 1. The van der Waals surface area contributed by atoms with Crippen molar-refractivity contribution in [1.82, 2.24) is 4.90 Å². The molecule has 0 fully saturated rings. The third-order valence-electron chi connectivity index (χ3n) is 2.37. The molecule has 0 N–H and O–H groups in total. The van der Waals surface area contributed by atoms with Crippen LogP contribution in [0.2, 0.25) is 0 Å². The lowest BCUT2D eigenvalue weighted by Gasteiger charge is -2.15. The quantitative estimate of drug-likeness (QED) is 0.776. The second-order valence-electron chi connectivity index (χ2n) is 3.81. The van der Waals surface area contributed by atoms with Crippen molar-refractivity contribution in [3.05, 3.63) is 34.3 Å². The van der Waals surface area contributed by atoms with E-state index in [9.17, 15) is 9.59 Å². The molecule has 0 bridgehead atoms. The Morgan fingerprint density at radius 3 is 2.84 bits per heavy atom. The number of nitrogens with zero attached hydrogens (tertiary/aromatic N) is 2. The van der Waals surface area contributed by atoms with Crippen LogP contribution in [0.15, 0.2) is 28.7 Å². The van der Waals surface area contributed by atoms with Crippen molar-refractivity contribution in [3.8, 4) is 6.07 Å². The fraction of sp³-hybridized carbons (Fsp3) is 0.308. The number of ether oxygens (including phenoxy) is 1. The summed E-state index contributed by atoms with van der Waals surface area (Å²) in [5, 5.41) is 8.41. The molecule has 1 amide bonds. The molecule has 1 aromatic rings. The molecule has 0 heterocycles. The second kappa shape index (κ2) is 7.54. The lowest BCUT2D eigenvalue weighted by atomic mass is 10.2. The Kier molecular flexibility index (Phi) is 6.03. The number of carbonyl (C=O) groups excluding carboxylic acids is 2. The first-order chi connectivity index (χ1) is 9.04. The molecule has 1 rings (SSSR count). The molecule has 19 heavy (non-hydrogen) atoms. The predicted molar refractivity (Wildman–Crippen MR) is 72.3 cm³/mol. The van der Waals surface area contributed by atoms with E-state index in [0.717, 1.165) is 4.47 Å². The number of rotatable bonds is 5. The van der Waals surface area contributed by atoms with E-state index in [0.29, 0.717) is 12.1 Å². The average Bonchev–Trinajstić information content (AvgIpc) is 2.41. The number of hydrogen-bond donors (Lipinski definition) is 0. The normalized spacial score (nSPS) is 9.53. The number of amides is 1. The minimum Gasteiger partial charge on any atom is -0.452 e. The minimum absolute atomic E-state index is 0.252. The van der Waals surface area contributed by atoms with E-state index in [1.165, 1.54) is 4.90 Å². The number of benzene rings is 1. The smallest absolute Gasteiger partial charge is 0.338 e. The molecular formula is C13H13BrN2O3. The maximum absolute atomic E-state index is 11.7. The highest BCUT2D eigenvalue weighted by Gasteiger charge is 2.13. The molecule has 0 aliphatic carbocycles. The van der Waals surface area contributed by atoms with Crippen molar-refractivity contribution in [2.45, 2.75) is 6.42 Å². The van der Waals surface area contributed by atoms with Crippen LogP contribution in [-0.4, -0.2) is 37.0 Å². The van der Waals surface area contributed by atoms with Crippen molar-refractivity contribution >= 4 is 27.8 Å². The predicted octanol–water partition coefficient (Wildman–Crippen LogP) is 1.98. The van der Waals surface area contributed by atoms with E-state index >= 15 is 0 Å². The van der Waals surface area contributed by atoms with Gasteiger partial charge in [-0.05, 0) is 18.2 Å². The largest absolute Gasteiger partial charge is 0.452 e. The molecule has 100 valence electrons. The molecular weight excluding hydrogens is 312 g/mol. The summed E-state index contributed by atoms with van der Waals surface area (Å²) in [7, 11) is 1.56. The van der Waals surface area contributed by atoms with E-state index in [1.807, 2.05) is 6.07 Å². The first-order valence-electron chi connectivity index (χ1n) is 5.58. The topological polar surface area (TPSA) is 70.4 Å². The third-order valence-corrected chi connectivity index (χ3v) is 2.87. The summed E-state index contributed by atoms with van der Waals surface area (Å²) in [4.78, 5) is 24.6. The summed E-state index contributed by atoms with van der Waals surface area (Å²) >= 11 is 3.25. The zero-order chi connectivity index (χ0) is 14.3. The highest BCUT2D eigenvalue weighted by Crippen LogP contribution is 2.12. The lowest BCUT2D eigenvalue weighted by Crippen LogP contribution is -2.31.